The Labute approximate surface area is 166 Å². The number of non-ortho nitro benzene ring substituents is 1. The number of nitro groups is 1. The first-order valence-corrected chi connectivity index (χ1v) is 8.72. The molecule has 1 aromatic heterocycles. The third-order valence-corrected chi connectivity index (χ3v) is 4.32. The SMILES string of the molecule is COc1ccc(CNC(=O)/C=C/c2ccnc3c(OC)ccc([N+](=O)[O-])c23)cc1. The van der Waals surface area contributed by atoms with Gasteiger partial charge in [-0.1, -0.05) is 12.1 Å². The Balaban J connectivity index is 1.82. The minimum Gasteiger partial charge on any atom is -0.497 e. The molecule has 8 nitrogen and oxygen atoms in total. The molecule has 3 aromatic rings. The topological polar surface area (TPSA) is 104 Å². The maximum atomic E-state index is 12.2. The molecule has 0 atom stereocenters. The molecule has 148 valence electrons. The molecule has 0 aliphatic rings. The molecule has 0 aliphatic heterocycles. The number of hydrogen-bond donors (Lipinski definition) is 1. The number of nitro benzene ring substituents is 1. The molecule has 0 saturated heterocycles. The van der Waals surface area contributed by atoms with Crippen molar-refractivity contribution in [3.8, 4) is 11.5 Å². The maximum Gasteiger partial charge on any atom is 0.279 e. The molecule has 0 aliphatic carbocycles. The highest BCUT2D eigenvalue weighted by Crippen LogP contribution is 2.34. The van der Waals surface area contributed by atoms with Crippen molar-refractivity contribution in [1.82, 2.24) is 10.3 Å². The summed E-state index contributed by atoms with van der Waals surface area (Å²) >= 11 is 0. The zero-order chi connectivity index (χ0) is 20.8. The van der Waals surface area contributed by atoms with Crippen molar-refractivity contribution in [2.24, 2.45) is 0 Å². The lowest BCUT2D eigenvalue weighted by atomic mass is 10.1. The van der Waals surface area contributed by atoms with E-state index >= 15 is 0 Å². The summed E-state index contributed by atoms with van der Waals surface area (Å²) in [4.78, 5) is 27.3. The summed E-state index contributed by atoms with van der Waals surface area (Å²) in [6.07, 6.45) is 4.38. The predicted octanol–water partition coefficient (Wildman–Crippen LogP) is 3.49. The van der Waals surface area contributed by atoms with Crippen molar-refractivity contribution in [2.45, 2.75) is 6.54 Å². The average Bonchev–Trinajstić information content (AvgIpc) is 2.75. The van der Waals surface area contributed by atoms with E-state index in [0.717, 1.165) is 11.3 Å². The van der Waals surface area contributed by atoms with Gasteiger partial charge in [0.1, 0.15) is 17.0 Å². The molecule has 2 aromatic carbocycles. The Morgan fingerprint density at radius 2 is 1.90 bits per heavy atom. The van der Waals surface area contributed by atoms with Gasteiger partial charge in [0.15, 0.2) is 0 Å². The first kappa shape index (κ1) is 19.8. The number of methoxy groups -OCH3 is 2. The number of pyridine rings is 1. The van der Waals surface area contributed by atoms with Crippen molar-refractivity contribution in [3.63, 3.8) is 0 Å². The quantitative estimate of drug-likeness (QED) is 0.374. The molecule has 0 spiro atoms. The smallest absolute Gasteiger partial charge is 0.279 e. The monoisotopic (exact) mass is 393 g/mol. The lowest BCUT2D eigenvalue weighted by Crippen LogP contribution is -2.20. The number of amides is 1. The van der Waals surface area contributed by atoms with Crippen LogP contribution in [0.25, 0.3) is 17.0 Å². The molecule has 1 heterocycles. The summed E-state index contributed by atoms with van der Waals surface area (Å²) in [7, 11) is 3.06. The van der Waals surface area contributed by atoms with Crippen LogP contribution in [0.15, 0.2) is 54.7 Å². The Kier molecular flexibility index (Phi) is 6.03. The summed E-state index contributed by atoms with van der Waals surface area (Å²) < 4.78 is 10.3. The molecule has 0 fully saturated rings. The minimum atomic E-state index is -0.482. The largest absolute Gasteiger partial charge is 0.497 e. The number of aromatic nitrogens is 1. The van der Waals surface area contributed by atoms with Crippen molar-refractivity contribution in [1.29, 1.82) is 0 Å². The van der Waals surface area contributed by atoms with Crippen molar-refractivity contribution in [2.75, 3.05) is 14.2 Å². The van der Waals surface area contributed by atoms with Crippen LogP contribution in [0.2, 0.25) is 0 Å². The molecule has 8 heteroatoms. The van der Waals surface area contributed by atoms with Gasteiger partial charge in [0.25, 0.3) is 5.69 Å². The minimum absolute atomic E-state index is 0.104. The van der Waals surface area contributed by atoms with E-state index in [9.17, 15) is 14.9 Å². The van der Waals surface area contributed by atoms with E-state index in [1.807, 2.05) is 24.3 Å². The zero-order valence-electron chi connectivity index (χ0n) is 15.9. The zero-order valence-corrected chi connectivity index (χ0v) is 15.9. The first-order valence-electron chi connectivity index (χ1n) is 8.72. The highest BCUT2D eigenvalue weighted by Gasteiger charge is 2.18. The summed E-state index contributed by atoms with van der Waals surface area (Å²) in [6.45, 7) is 0.345. The van der Waals surface area contributed by atoms with E-state index in [-0.39, 0.29) is 11.6 Å². The molecule has 29 heavy (non-hydrogen) atoms. The van der Waals surface area contributed by atoms with Crippen LogP contribution >= 0.6 is 0 Å². The maximum absolute atomic E-state index is 12.2. The Morgan fingerprint density at radius 1 is 1.14 bits per heavy atom. The summed E-state index contributed by atoms with van der Waals surface area (Å²) in [6, 6.07) is 11.8. The molecule has 0 radical (unpaired) electrons. The van der Waals surface area contributed by atoms with Gasteiger partial charge < -0.3 is 14.8 Å². The van der Waals surface area contributed by atoms with E-state index in [2.05, 4.69) is 10.3 Å². The molecule has 0 bridgehead atoms. The number of benzene rings is 2. The predicted molar refractivity (Wildman–Crippen MR) is 109 cm³/mol. The van der Waals surface area contributed by atoms with Gasteiger partial charge in [-0.3, -0.25) is 19.9 Å². The second-order valence-corrected chi connectivity index (χ2v) is 6.07. The van der Waals surface area contributed by atoms with Crippen molar-refractivity contribution >= 4 is 28.6 Å². The number of nitrogens with zero attached hydrogens (tertiary/aromatic N) is 2. The van der Waals surface area contributed by atoms with Crippen LogP contribution in [-0.4, -0.2) is 30.0 Å². The van der Waals surface area contributed by atoms with Gasteiger partial charge in [-0.15, -0.1) is 0 Å². The van der Waals surface area contributed by atoms with E-state index < -0.39 is 4.92 Å². The number of nitrogens with one attached hydrogen (secondary N) is 1. The van der Waals surface area contributed by atoms with Crippen LogP contribution in [0.1, 0.15) is 11.1 Å². The second-order valence-electron chi connectivity index (χ2n) is 6.07. The van der Waals surface area contributed by atoms with Gasteiger partial charge in [0.2, 0.25) is 5.91 Å². The van der Waals surface area contributed by atoms with Crippen LogP contribution in [0, 0.1) is 10.1 Å². The molecular formula is C21H19N3O5. The number of rotatable bonds is 7. The number of ether oxygens (including phenoxy) is 2. The van der Waals surface area contributed by atoms with E-state index in [1.54, 1.807) is 13.2 Å². The Bertz CT molecular complexity index is 1080. The third-order valence-electron chi connectivity index (χ3n) is 4.32. The van der Waals surface area contributed by atoms with Crippen molar-refractivity contribution in [3.05, 3.63) is 76.0 Å². The standard InChI is InChI=1S/C21H19N3O5/c1-28-16-6-3-14(4-7-16)13-23-19(25)10-5-15-11-12-22-21-18(29-2)9-8-17(20(15)21)24(26)27/h3-12H,13H2,1-2H3,(H,23,25)/b10-5+. The summed E-state index contributed by atoms with van der Waals surface area (Å²) in [5.41, 5.74) is 1.68. The van der Waals surface area contributed by atoms with Gasteiger partial charge in [-0.25, -0.2) is 0 Å². The van der Waals surface area contributed by atoms with Crippen LogP contribution in [0.3, 0.4) is 0 Å². The third kappa shape index (κ3) is 4.49. The van der Waals surface area contributed by atoms with E-state index in [1.165, 1.54) is 37.6 Å². The molecule has 0 unspecified atom stereocenters. The lowest BCUT2D eigenvalue weighted by Gasteiger charge is -2.07. The number of carbonyl (C=O) groups excluding carboxylic acids is 1. The molecule has 0 saturated carbocycles. The lowest BCUT2D eigenvalue weighted by molar-refractivity contribution is -0.383. The fourth-order valence-electron chi connectivity index (χ4n) is 2.86. The van der Waals surface area contributed by atoms with Crippen molar-refractivity contribution < 1.29 is 19.2 Å². The van der Waals surface area contributed by atoms with E-state index in [4.69, 9.17) is 9.47 Å². The van der Waals surface area contributed by atoms with Gasteiger partial charge in [0.05, 0.1) is 24.5 Å². The number of hydrogen-bond acceptors (Lipinski definition) is 6. The Hall–Kier alpha value is -3.94. The Morgan fingerprint density at radius 3 is 2.55 bits per heavy atom. The van der Waals surface area contributed by atoms with Crippen LogP contribution in [0.4, 0.5) is 5.69 Å². The average molecular weight is 393 g/mol. The fraction of sp³-hybridized carbons (Fsp3) is 0.143. The number of carbonyl (C=O) groups is 1. The van der Waals surface area contributed by atoms with Gasteiger partial charge in [0, 0.05) is 24.9 Å². The number of fused-ring (bicyclic) bond motifs is 1. The summed E-state index contributed by atoms with van der Waals surface area (Å²) in [5.74, 6) is 0.836. The molecular weight excluding hydrogens is 374 g/mol. The van der Waals surface area contributed by atoms with Crippen LogP contribution in [-0.2, 0) is 11.3 Å². The highest BCUT2D eigenvalue weighted by molar-refractivity contribution is 6.01. The molecule has 1 amide bonds. The molecule has 1 N–H and O–H groups in total. The second kappa shape index (κ2) is 8.83. The fourth-order valence-corrected chi connectivity index (χ4v) is 2.86. The molecule has 3 rings (SSSR count). The summed E-state index contributed by atoms with van der Waals surface area (Å²) in [5, 5.41) is 14.5. The van der Waals surface area contributed by atoms with Crippen LogP contribution in [0.5, 0.6) is 11.5 Å². The first-order chi connectivity index (χ1) is 14.0. The van der Waals surface area contributed by atoms with Gasteiger partial charge >= 0.3 is 0 Å². The normalized spacial score (nSPS) is 10.8. The van der Waals surface area contributed by atoms with Gasteiger partial charge in [-0.2, -0.15) is 0 Å². The van der Waals surface area contributed by atoms with Crippen LogP contribution < -0.4 is 14.8 Å². The highest BCUT2D eigenvalue weighted by atomic mass is 16.6. The van der Waals surface area contributed by atoms with E-state index in [0.29, 0.717) is 28.8 Å². The van der Waals surface area contributed by atoms with Gasteiger partial charge in [-0.05, 0) is 41.5 Å².